The Morgan fingerprint density at radius 3 is 2.66 bits per heavy atom. The number of carbonyl (C=O) groups excluding carboxylic acids is 1. The zero-order valence-electron chi connectivity index (χ0n) is 17.9. The van der Waals surface area contributed by atoms with E-state index in [1.807, 2.05) is 31.4 Å². The first-order chi connectivity index (χ1) is 14.0. The molecule has 3 heterocycles. The number of hydrogen-bond donors (Lipinski definition) is 0. The second kappa shape index (κ2) is 8.28. The average Bonchev–Trinajstić information content (AvgIpc) is 3.24. The fourth-order valence-corrected chi connectivity index (χ4v) is 4.96. The van der Waals surface area contributed by atoms with Crippen LogP contribution in [0.3, 0.4) is 0 Å². The second-order valence-corrected chi connectivity index (χ2v) is 8.66. The minimum absolute atomic E-state index is 0.0470. The SMILES string of the molecule is CCN(C)C(=O)[C@@H]1c2cncn2C2(CCN(CCc3ccccc3)CC2)CN1C. The maximum Gasteiger partial charge on any atom is 0.245 e. The van der Waals surface area contributed by atoms with Crippen LogP contribution in [0.1, 0.15) is 37.1 Å². The summed E-state index contributed by atoms with van der Waals surface area (Å²) in [6.07, 6.45) is 7.14. The fourth-order valence-electron chi connectivity index (χ4n) is 4.96. The van der Waals surface area contributed by atoms with Gasteiger partial charge in [0.1, 0.15) is 6.04 Å². The molecule has 2 aliphatic rings. The molecule has 1 aromatic carbocycles. The molecule has 6 heteroatoms. The van der Waals surface area contributed by atoms with Crippen LogP contribution in [0.5, 0.6) is 0 Å². The molecule has 0 saturated carbocycles. The summed E-state index contributed by atoms with van der Waals surface area (Å²) in [6, 6.07) is 10.5. The standard InChI is InChI=1S/C23H33N5O/c1-4-25(2)22(29)21-20-16-24-18-28(20)23(17-26(21)3)11-14-27(15-12-23)13-10-19-8-6-5-7-9-19/h5-9,16,18,21H,4,10-15,17H2,1-3H3/t21-/m0/s1. The van der Waals surface area contributed by atoms with Crippen LogP contribution in [-0.4, -0.2) is 77.0 Å². The molecule has 1 saturated heterocycles. The highest BCUT2D eigenvalue weighted by Gasteiger charge is 2.46. The molecule has 4 rings (SSSR count). The summed E-state index contributed by atoms with van der Waals surface area (Å²) in [5.74, 6) is 0.159. The third-order valence-corrected chi connectivity index (χ3v) is 6.87. The van der Waals surface area contributed by atoms with Crippen molar-refractivity contribution in [2.24, 2.45) is 0 Å². The van der Waals surface area contributed by atoms with E-state index in [4.69, 9.17) is 0 Å². The summed E-state index contributed by atoms with van der Waals surface area (Å²) >= 11 is 0. The molecule has 1 atom stereocenters. The smallest absolute Gasteiger partial charge is 0.245 e. The van der Waals surface area contributed by atoms with Crippen LogP contribution in [-0.2, 0) is 16.8 Å². The van der Waals surface area contributed by atoms with Crippen LogP contribution < -0.4 is 0 Å². The zero-order valence-corrected chi connectivity index (χ0v) is 17.9. The number of imidazole rings is 1. The summed E-state index contributed by atoms with van der Waals surface area (Å²) < 4.78 is 2.33. The highest BCUT2D eigenvalue weighted by Crippen LogP contribution is 2.40. The molecule has 0 N–H and O–H groups in total. The third kappa shape index (κ3) is 3.83. The highest BCUT2D eigenvalue weighted by molar-refractivity contribution is 5.82. The Bertz CT molecular complexity index is 825. The topological polar surface area (TPSA) is 44.6 Å². The van der Waals surface area contributed by atoms with Gasteiger partial charge in [0, 0.05) is 39.8 Å². The van der Waals surface area contributed by atoms with Gasteiger partial charge < -0.3 is 14.4 Å². The van der Waals surface area contributed by atoms with Crippen molar-refractivity contribution in [3.05, 3.63) is 54.1 Å². The van der Waals surface area contributed by atoms with Crippen LogP contribution in [0.4, 0.5) is 0 Å². The first-order valence-electron chi connectivity index (χ1n) is 10.8. The average molecular weight is 396 g/mol. The van der Waals surface area contributed by atoms with Crippen LogP contribution >= 0.6 is 0 Å². The number of benzene rings is 1. The molecule has 0 unspecified atom stereocenters. The molecule has 6 nitrogen and oxygen atoms in total. The van der Waals surface area contributed by atoms with Gasteiger partial charge in [-0.3, -0.25) is 9.69 Å². The summed E-state index contributed by atoms with van der Waals surface area (Å²) in [5.41, 5.74) is 2.50. The Morgan fingerprint density at radius 1 is 1.24 bits per heavy atom. The van der Waals surface area contributed by atoms with E-state index in [9.17, 15) is 4.79 Å². The maximum atomic E-state index is 13.0. The van der Waals surface area contributed by atoms with Crippen molar-refractivity contribution in [1.82, 2.24) is 24.3 Å². The van der Waals surface area contributed by atoms with E-state index in [2.05, 4.69) is 56.7 Å². The Labute approximate surface area is 174 Å². The van der Waals surface area contributed by atoms with E-state index in [0.29, 0.717) is 0 Å². The van der Waals surface area contributed by atoms with Gasteiger partial charge in [-0.15, -0.1) is 0 Å². The van der Waals surface area contributed by atoms with Crippen molar-refractivity contribution < 1.29 is 4.79 Å². The number of rotatable bonds is 5. The number of aromatic nitrogens is 2. The van der Waals surface area contributed by atoms with Crippen LogP contribution in [0.25, 0.3) is 0 Å². The van der Waals surface area contributed by atoms with Crippen molar-refractivity contribution in [2.75, 3.05) is 46.8 Å². The van der Waals surface area contributed by atoms with E-state index in [0.717, 1.165) is 57.7 Å². The summed E-state index contributed by atoms with van der Waals surface area (Å²) in [7, 11) is 3.97. The van der Waals surface area contributed by atoms with Crippen LogP contribution in [0, 0.1) is 0 Å². The number of carbonyl (C=O) groups is 1. The molecular formula is C23H33N5O. The second-order valence-electron chi connectivity index (χ2n) is 8.66. The minimum atomic E-state index is -0.232. The largest absolute Gasteiger partial charge is 0.344 e. The molecule has 2 aliphatic heterocycles. The molecule has 0 aliphatic carbocycles. The number of fused-ring (bicyclic) bond motifs is 2. The molecule has 1 spiro atoms. The molecule has 0 radical (unpaired) electrons. The van der Waals surface area contributed by atoms with Crippen molar-refractivity contribution in [2.45, 2.75) is 37.8 Å². The number of likely N-dealkylation sites (N-methyl/N-ethyl adjacent to an activating group) is 2. The van der Waals surface area contributed by atoms with Gasteiger partial charge in [-0.25, -0.2) is 4.98 Å². The van der Waals surface area contributed by atoms with Crippen LogP contribution in [0.2, 0.25) is 0 Å². The van der Waals surface area contributed by atoms with Crippen molar-refractivity contribution in [3.63, 3.8) is 0 Å². The summed E-state index contributed by atoms with van der Waals surface area (Å²) in [6.45, 7) is 6.92. The Hall–Kier alpha value is -2.18. The predicted molar refractivity (Wildman–Crippen MR) is 115 cm³/mol. The van der Waals surface area contributed by atoms with Gasteiger partial charge in [-0.05, 0) is 38.8 Å². The monoisotopic (exact) mass is 395 g/mol. The van der Waals surface area contributed by atoms with Gasteiger partial charge in [0.15, 0.2) is 0 Å². The van der Waals surface area contributed by atoms with Gasteiger partial charge in [0.25, 0.3) is 0 Å². The Balaban J connectivity index is 1.46. The third-order valence-electron chi connectivity index (χ3n) is 6.87. The fraction of sp³-hybridized carbons (Fsp3) is 0.565. The molecule has 0 bridgehead atoms. The molecule has 1 fully saturated rings. The van der Waals surface area contributed by atoms with Crippen molar-refractivity contribution in [3.8, 4) is 0 Å². The number of amides is 1. The predicted octanol–water partition coefficient (Wildman–Crippen LogP) is 2.38. The van der Waals surface area contributed by atoms with Gasteiger partial charge >= 0.3 is 0 Å². The minimum Gasteiger partial charge on any atom is -0.344 e. The first-order valence-corrected chi connectivity index (χ1v) is 10.8. The van der Waals surface area contributed by atoms with Crippen molar-refractivity contribution >= 4 is 5.91 Å². The zero-order chi connectivity index (χ0) is 20.4. The lowest BCUT2D eigenvalue weighted by molar-refractivity contribution is -0.137. The normalized spacial score (nSPS) is 21.8. The lowest BCUT2D eigenvalue weighted by atomic mass is 9.83. The number of nitrogens with zero attached hydrogens (tertiary/aromatic N) is 5. The molecular weight excluding hydrogens is 362 g/mol. The Morgan fingerprint density at radius 2 is 1.97 bits per heavy atom. The van der Waals surface area contributed by atoms with E-state index in [-0.39, 0.29) is 17.5 Å². The molecule has 2 aromatic rings. The van der Waals surface area contributed by atoms with Gasteiger partial charge in [-0.2, -0.15) is 0 Å². The molecule has 1 amide bonds. The lowest BCUT2D eigenvalue weighted by Crippen LogP contribution is -2.58. The summed E-state index contributed by atoms with van der Waals surface area (Å²) in [4.78, 5) is 24.1. The first kappa shape index (κ1) is 20.1. The molecule has 1 aromatic heterocycles. The van der Waals surface area contributed by atoms with E-state index < -0.39 is 0 Å². The van der Waals surface area contributed by atoms with Gasteiger partial charge in [0.2, 0.25) is 5.91 Å². The summed E-state index contributed by atoms with van der Waals surface area (Å²) in [5, 5.41) is 0. The highest BCUT2D eigenvalue weighted by atomic mass is 16.2. The Kier molecular flexibility index (Phi) is 5.74. The van der Waals surface area contributed by atoms with Gasteiger partial charge in [0.05, 0.1) is 23.8 Å². The maximum absolute atomic E-state index is 13.0. The molecule has 156 valence electrons. The van der Waals surface area contributed by atoms with E-state index in [1.165, 1.54) is 5.56 Å². The quantitative estimate of drug-likeness (QED) is 0.780. The van der Waals surface area contributed by atoms with Crippen LogP contribution in [0.15, 0.2) is 42.9 Å². The lowest BCUT2D eigenvalue weighted by Gasteiger charge is -2.50. The number of likely N-dealkylation sites (tertiary alicyclic amines) is 1. The van der Waals surface area contributed by atoms with E-state index in [1.54, 1.807) is 0 Å². The molecule has 29 heavy (non-hydrogen) atoms. The number of piperidine rings is 1. The van der Waals surface area contributed by atoms with Gasteiger partial charge in [-0.1, -0.05) is 30.3 Å². The number of hydrogen-bond acceptors (Lipinski definition) is 4. The van der Waals surface area contributed by atoms with Crippen molar-refractivity contribution in [1.29, 1.82) is 0 Å². The van der Waals surface area contributed by atoms with E-state index >= 15 is 0 Å².